The molecule has 4 nitrogen and oxygen atoms in total. The topological polar surface area (TPSA) is 49.4 Å². The van der Waals surface area contributed by atoms with Crippen LogP contribution in [0, 0.1) is 0 Å². The van der Waals surface area contributed by atoms with E-state index in [1.165, 1.54) is 5.56 Å². The van der Waals surface area contributed by atoms with Crippen molar-refractivity contribution in [2.24, 2.45) is 0 Å². The molecular weight excluding hydrogens is 404 g/mol. The van der Waals surface area contributed by atoms with Crippen LogP contribution in [0.5, 0.6) is 0 Å². The number of thioether (sulfide) groups is 1. The second-order valence-electron chi connectivity index (χ2n) is 7.81. The summed E-state index contributed by atoms with van der Waals surface area (Å²) in [4.78, 5) is 26.9. The van der Waals surface area contributed by atoms with Crippen LogP contribution < -0.4 is 5.32 Å². The third-order valence-corrected chi connectivity index (χ3v) is 6.82. The Morgan fingerprint density at radius 1 is 1.00 bits per heavy atom. The Kier molecular flexibility index (Phi) is 6.73. The molecule has 1 aliphatic heterocycles. The first-order valence-electron chi connectivity index (χ1n) is 10.5. The highest BCUT2D eigenvalue weighted by Crippen LogP contribution is 2.39. The number of nitrogens with zero attached hydrogens (tertiary/aromatic N) is 1. The second-order valence-corrected chi connectivity index (χ2v) is 8.88. The third-order valence-electron chi connectivity index (χ3n) is 5.56. The van der Waals surface area contributed by atoms with E-state index in [0.29, 0.717) is 24.4 Å². The maximum atomic E-state index is 12.6. The van der Waals surface area contributed by atoms with Gasteiger partial charge in [0.25, 0.3) is 5.91 Å². The first-order valence-corrected chi connectivity index (χ1v) is 11.5. The maximum absolute atomic E-state index is 12.6. The fraction of sp³-hybridized carbons (Fsp3) is 0.231. The molecule has 3 aromatic carbocycles. The van der Waals surface area contributed by atoms with Crippen molar-refractivity contribution in [1.29, 1.82) is 0 Å². The quantitative estimate of drug-likeness (QED) is 0.574. The number of hydrogen-bond acceptors (Lipinski definition) is 3. The monoisotopic (exact) mass is 430 g/mol. The van der Waals surface area contributed by atoms with Crippen LogP contribution in [0.25, 0.3) is 0 Å². The highest BCUT2D eigenvalue weighted by molar-refractivity contribution is 8.00. The van der Waals surface area contributed by atoms with Crippen molar-refractivity contribution in [1.82, 2.24) is 10.2 Å². The summed E-state index contributed by atoms with van der Waals surface area (Å²) in [7, 11) is 0. The number of nitrogens with one attached hydrogen (secondary N) is 1. The summed E-state index contributed by atoms with van der Waals surface area (Å²) in [6.45, 7) is 3.29. The summed E-state index contributed by atoms with van der Waals surface area (Å²) < 4.78 is 0. The van der Waals surface area contributed by atoms with Crippen molar-refractivity contribution < 1.29 is 9.59 Å². The summed E-state index contributed by atoms with van der Waals surface area (Å²) in [6, 6.07) is 27.8. The van der Waals surface area contributed by atoms with E-state index in [0.717, 1.165) is 11.1 Å². The van der Waals surface area contributed by atoms with Gasteiger partial charge in [0.1, 0.15) is 5.37 Å². The van der Waals surface area contributed by atoms with Gasteiger partial charge in [-0.15, -0.1) is 11.8 Å². The zero-order valence-electron chi connectivity index (χ0n) is 17.5. The van der Waals surface area contributed by atoms with Gasteiger partial charge in [0.05, 0.1) is 5.75 Å². The van der Waals surface area contributed by atoms with E-state index in [4.69, 9.17) is 0 Å². The molecule has 0 radical (unpaired) electrons. The van der Waals surface area contributed by atoms with Crippen LogP contribution in [0.2, 0.25) is 0 Å². The van der Waals surface area contributed by atoms with Gasteiger partial charge in [-0.3, -0.25) is 9.59 Å². The van der Waals surface area contributed by atoms with Gasteiger partial charge in [0.15, 0.2) is 0 Å². The van der Waals surface area contributed by atoms with Crippen molar-refractivity contribution in [3.63, 3.8) is 0 Å². The van der Waals surface area contributed by atoms with Crippen LogP contribution >= 0.6 is 11.8 Å². The van der Waals surface area contributed by atoms with Gasteiger partial charge < -0.3 is 10.2 Å². The highest BCUT2D eigenvalue weighted by Gasteiger charge is 2.32. The molecule has 0 aromatic heterocycles. The lowest BCUT2D eigenvalue weighted by atomic mass is 10.0. The lowest BCUT2D eigenvalue weighted by Gasteiger charge is -2.24. The summed E-state index contributed by atoms with van der Waals surface area (Å²) in [5.41, 5.74) is 4.00. The van der Waals surface area contributed by atoms with Gasteiger partial charge in [0.2, 0.25) is 5.91 Å². The van der Waals surface area contributed by atoms with E-state index in [1.807, 2.05) is 77.7 Å². The lowest BCUT2D eigenvalue weighted by Crippen LogP contribution is -2.28. The molecule has 0 saturated carbocycles. The van der Waals surface area contributed by atoms with Gasteiger partial charge in [-0.2, -0.15) is 0 Å². The molecule has 5 heteroatoms. The molecule has 1 heterocycles. The fourth-order valence-electron chi connectivity index (χ4n) is 3.73. The molecule has 1 fully saturated rings. The lowest BCUT2D eigenvalue weighted by molar-refractivity contribution is -0.128. The number of amides is 2. The molecule has 0 aliphatic carbocycles. The molecular formula is C26H26N2O2S. The minimum Gasteiger partial charge on any atom is -0.351 e. The van der Waals surface area contributed by atoms with Gasteiger partial charge in [0, 0.05) is 18.7 Å². The Hall–Kier alpha value is -3.05. The molecule has 2 amide bonds. The molecule has 0 spiro atoms. The van der Waals surface area contributed by atoms with Gasteiger partial charge in [-0.25, -0.2) is 0 Å². The van der Waals surface area contributed by atoms with Crippen LogP contribution in [-0.2, 0) is 11.3 Å². The maximum Gasteiger partial charge on any atom is 0.251 e. The normalized spacial score (nSPS) is 16.9. The smallest absolute Gasteiger partial charge is 0.251 e. The number of carbonyl (C=O) groups is 2. The first kappa shape index (κ1) is 21.2. The minimum atomic E-state index is -0.0781. The first-order chi connectivity index (χ1) is 15.1. The van der Waals surface area contributed by atoms with Crippen LogP contribution in [0.3, 0.4) is 0 Å². The Balaban J connectivity index is 1.39. The molecule has 0 bridgehead atoms. The van der Waals surface area contributed by atoms with E-state index in [9.17, 15) is 9.59 Å². The molecule has 2 atom stereocenters. The zero-order valence-corrected chi connectivity index (χ0v) is 18.3. The molecule has 1 N–H and O–H groups in total. The van der Waals surface area contributed by atoms with Crippen LogP contribution in [-0.4, -0.2) is 29.0 Å². The average molecular weight is 431 g/mol. The minimum absolute atomic E-state index is 0.0251. The molecule has 0 unspecified atom stereocenters. The van der Waals surface area contributed by atoms with Gasteiger partial charge in [-0.05, 0) is 34.7 Å². The number of hydrogen-bond donors (Lipinski definition) is 1. The van der Waals surface area contributed by atoms with E-state index in [-0.39, 0.29) is 23.1 Å². The van der Waals surface area contributed by atoms with Crippen molar-refractivity contribution in [3.8, 4) is 0 Å². The van der Waals surface area contributed by atoms with E-state index >= 15 is 0 Å². The van der Waals surface area contributed by atoms with Gasteiger partial charge in [-0.1, -0.05) is 79.7 Å². The van der Waals surface area contributed by atoms with Crippen LogP contribution in [0.4, 0.5) is 0 Å². The van der Waals surface area contributed by atoms with Crippen molar-refractivity contribution in [2.45, 2.75) is 24.8 Å². The van der Waals surface area contributed by atoms with E-state index in [2.05, 4.69) is 24.4 Å². The van der Waals surface area contributed by atoms with Gasteiger partial charge >= 0.3 is 0 Å². The average Bonchev–Trinajstić information content (AvgIpc) is 3.18. The SMILES string of the molecule is C[C@@H](CNC(=O)c1ccc([C@@H]2SCC(=O)N2Cc2ccccc2)cc1)c1ccccc1. The van der Waals surface area contributed by atoms with Crippen molar-refractivity contribution in [2.75, 3.05) is 12.3 Å². The molecule has 158 valence electrons. The molecule has 1 aliphatic rings. The molecule has 1 saturated heterocycles. The summed E-state index contributed by atoms with van der Waals surface area (Å²) in [5, 5.41) is 3.00. The third kappa shape index (κ3) is 5.17. The van der Waals surface area contributed by atoms with E-state index < -0.39 is 0 Å². The van der Waals surface area contributed by atoms with Crippen molar-refractivity contribution in [3.05, 3.63) is 107 Å². The van der Waals surface area contributed by atoms with E-state index in [1.54, 1.807) is 11.8 Å². The zero-order chi connectivity index (χ0) is 21.6. The second kappa shape index (κ2) is 9.84. The molecule has 4 rings (SSSR count). The standard InChI is InChI=1S/C26H26N2O2S/c1-19(21-10-6-3-7-11-21)16-27-25(30)22-12-14-23(15-13-22)26-28(24(29)18-31-26)17-20-8-4-2-5-9-20/h2-15,19,26H,16-18H2,1H3,(H,27,30)/t19-,26-/m0/s1. The number of carbonyl (C=O) groups excluding carboxylic acids is 2. The largest absolute Gasteiger partial charge is 0.351 e. The number of rotatable bonds is 7. The Labute approximate surface area is 187 Å². The summed E-state index contributed by atoms with van der Waals surface area (Å²) in [5.74, 6) is 0.801. The Bertz CT molecular complexity index is 1020. The van der Waals surface area contributed by atoms with Crippen LogP contribution in [0.1, 0.15) is 45.3 Å². The summed E-state index contributed by atoms with van der Waals surface area (Å²) >= 11 is 1.63. The highest BCUT2D eigenvalue weighted by atomic mass is 32.2. The van der Waals surface area contributed by atoms with Crippen LogP contribution in [0.15, 0.2) is 84.9 Å². The summed E-state index contributed by atoms with van der Waals surface area (Å²) in [6.07, 6.45) is 0. The fourth-order valence-corrected chi connectivity index (χ4v) is 4.92. The predicted molar refractivity (Wildman–Crippen MR) is 126 cm³/mol. The Morgan fingerprint density at radius 2 is 1.65 bits per heavy atom. The Morgan fingerprint density at radius 3 is 2.32 bits per heavy atom. The van der Waals surface area contributed by atoms with Crippen molar-refractivity contribution >= 4 is 23.6 Å². The predicted octanol–water partition coefficient (Wildman–Crippen LogP) is 4.99. The molecule has 3 aromatic rings. The number of benzene rings is 3. The molecule has 31 heavy (non-hydrogen) atoms.